The van der Waals surface area contributed by atoms with Gasteiger partial charge in [-0.05, 0) is 133 Å². The molecule has 10 rings (SSSR count). The maximum Gasteiger partial charge on any atom is 0.420 e. The Morgan fingerprint density at radius 2 is 0.888 bits per heavy atom. The number of cyclic esters (lactones) is 4. The fourth-order valence-electron chi connectivity index (χ4n) is 9.19. The molecule has 12 atom stereocenters. The molecule has 4 saturated heterocycles. The maximum atomic E-state index is 13.4. The van der Waals surface area contributed by atoms with Gasteiger partial charge in [-0.15, -0.1) is 0 Å². The Balaban J connectivity index is 0.000000214. The number of alkyl halides is 1. The van der Waals surface area contributed by atoms with Gasteiger partial charge in [0, 0.05) is 26.8 Å². The number of alkyl carbamates (subject to hydrolysis) is 3. The van der Waals surface area contributed by atoms with Crippen molar-refractivity contribution in [3.05, 3.63) is 206 Å². The summed E-state index contributed by atoms with van der Waals surface area (Å²) >= 11 is 19.8. The number of esters is 2. The number of carbonyl (C=O) groups excluding carboxylic acids is 7. The molecule has 11 N–H and O–H groups in total. The normalized spacial score (nSPS) is 20.7. The van der Waals surface area contributed by atoms with Gasteiger partial charge in [0.2, 0.25) is 0 Å². The van der Waals surface area contributed by atoms with Gasteiger partial charge in [-0.3, -0.25) is 9.59 Å². The first-order valence-corrected chi connectivity index (χ1v) is 34.2. The molecule has 25 nitrogen and oxygen atoms in total. The number of ether oxygens (including phenoxy) is 7. The van der Waals surface area contributed by atoms with Crippen LogP contribution in [0.2, 0.25) is 0 Å². The highest BCUT2D eigenvalue weighted by molar-refractivity contribution is 9.11. The van der Waals surface area contributed by atoms with Crippen molar-refractivity contribution >= 4 is 144 Å². The van der Waals surface area contributed by atoms with Crippen LogP contribution in [0.25, 0.3) is 0 Å². The zero-order valence-electron chi connectivity index (χ0n) is 53.1. The summed E-state index contributed by atoms with van der Waals surface area (Å²) in [6.07, 6.45) is -6.65. The minimum Gasteiger partial charge on any atom is -0.480 e. The van der Waals surface area contributed by atoms with Gasteiger partial charge in [0.25, 0.3) is 0 Å². The quantitative estimate of drug-likeness (QED) is 0.0361. The number of aliphatic hydroxyl groups excluding tert-OH is 3. The van der Waals surface area contributed by atoms with Crippen LogP contribution in [-0.4, -0.2) is 143 Å². The minimum atomic E-state index is -1.30. The molecule has 528 valence electrons. The number of benzene rings is 6. The van der Waals surface area contributed by atoms with E-state index in [9.17, 15) is 53.0 Å². The topological polar surface area (TPSA) is 373 Å². The Morgan fingerprint density at radius 3 is 1.24 bits per heavy atom. The molecule has 4 aliphatic heterocycles. The van der Waals surface area contributed by atoms with Crippen LogP contribution in [0.3, 0.4) is 0 Å². The number of nitrogens with two attached hydrogens (primary N) is 2. The monoisotopic (exact) mass is 1740 g/mol. The molecule has 4 aliphatic rings. The SMILES string of the molecule is CC(C)(C)OC(=O)N1C(=O)O[C@H](c2ccc(Br)cc2)[C@H]1CF.CC[C@H]1NC(=O)O[C@@H]1c1ccc(Br)cc1.COC(=O)[C@@H](N)[C@H](O)c1ccc(Br)cc1.COC(=O)[C@H]1NC(=O)O[C@@H]1c1ccc(Br)cc1.N[C@H](C(=O)O)[C@H](O)c1ccc(Br)cc1.O=C1N[C@H](CO)[C@@H](c2ccc(Br)cc2)O1. The molecule has 6 aromatic rings. The third kappa shape index (κ3) is 24.4. The van der Waals surface area contributed by atoms with Gasteiger partial charge < -0.3 is 81.0 Å². The second kappa shape index (κ2) is 39.0. The summed E-state index contributed by atoms with van der Waals surface area (Å²) in [5.74, 6) is -2.38. The van der Waals surface area contributed by atoms with Crippen LogP contribution in [0.5, 0.6) is 0 Å². The lowest BCUT2D eigenvalue weighted by atomic mass is 10.0. The molecule has 0 radical (unpaired) electrons. The number of carboxylic acid groups (broad SMARTS) is 1. The van der Waals surface area contributed by atoms with Crippen LogP contribution in [-0.2, 0) is 47.5 Å². The molecule has 0 spiro atoms. The van der Waals surface area contributed by atoms with E-state index in [0.717, 1.165) is 49.9 Å². The highest BCUT2D eigenvalue weighted by Gasteiger charge is 2.48. The Kier molecular flexibility index (Phi) is 32.5. The van der Waals surface area contributed by atoms with Gasteiger partial charge in [0.15, 0.2) is 24.4 Å². The second-order valence-electron chi connectivity index (χ2n) is 22.2. The van der Waals surface area contributed by atoms with E-state index < -0.39 is 109 Å². The van der Waals surface area contributed by atoms with Crippen molar-refractivity contribution in [1.82, 2.24) is 20.9 Å². The number of aliphatic carboxylic acids is 1. The first-order chi connectivity index (χ1) is 46.3. The minimum absolute atomic E-state index is 0.0821. The number of carbonyl (C=O) groups is 8. The van der Waals surface area contributed by atoms with Crippen molar-refractivity contribution in [2.24, 2.45) is 11.5 Å². The summed E-state index contributed by atoms with van der Waals surface area (Å²) in [7, 11) is 2.50. The zero-order valence-corrected chi connectivity index (χ0v) is 62.6. The first kappa shape index (κ1) is 81.6. The van der Waals surface area contributed by atoms with Crippen molar-refractivity contribution in [1.29, 1.82) is 0 Å². The van der Waals surface area contributed by atoms with E-state index in [-0.39, 0.29) is 30.9 Å². The van der Waals surface area contributed by atoms with Crippen LogP contribution in [0.4, 0.5) is 28.4 Å². The summed E-state index contributed by atoms with van der Waals surface area (Å²) in [5, 5.41) is 44.7. The van der Waals surface area contributed by atoms with Crippen LogP contribution in [0.1, 0.15) is 104 Å². The summed E-state index contributed by atoms with van der Waals surface area (Å²) in [5.41, 5.74) is 14.3. The fourth-order valence-corrected chi connectivity index (χ4v) is 10.8. The lowest BCUT2D eigenvalue weighted by molar-refractivity contribution is -0.145. The molecule has 4 heterocycles. The molecule has 4 fully saturated rings. The third-order valence-electron chi connectivity index (χ3n) is 14.2. The highest BCUT2D eigenvalue weighted by atomic mass is 79.9. The van der Waals surface area contributed by atoms with E-state index >= 15 is 0 Å². The summed E-state index contributed by atoms with van der Waals surface area (Å²) < 4.78 is 53.7. The predicted molar refractivity (Wildman–Crippen MR) is 375 cm³/mol. The number of amides is 5. The number of halogens is 7. The maximum absolute atomic E-state index is 13.4. The number of nitrogens with zero attached hydrogens (tertiary/aromatic N) is 1. The summed E-state index contributed by atoms with van der Waals surface area (Å²) in [6, 6.07) is 38.6. The lowest BCUT2D eigenvalue weighted by Gasteiger charge is -2.25. The van der Waals surface area contributed by atoms with Crippen molar-refractivity contribution < 1.29 is 96.3 Å². The van der Waals surface area contributed by atoms with Crippen molar-refractivity contribution in [3.63, 3.8) is 0 Å². The first-order valence-electron chi connectivity index (χ1n) is 29.4. The highest BCUT2D eigenvalue weighted by Crippen LogP contribution is 2.36. The van der Waals surface area contributed by atoms with E-state index in [1.165, 1.54) is 14.2 Å². The predicted octanol–water partition coefficient (Wildman–Crippen LogP) is 12.5. The number of imide groups is 1. The Hall–Kier alpha value is -7.11. The number of hydrogen-bond acceptors (Lipinski definition) is 20. The second-order valence-corrected chi connectivity index (χ2v) is 27.7. The molecular formula is C66H71Br6FN6O19. The zero-order chi connectivity index (χ0) is 72.7. The number of aliphatic hydroxyl groups is 3. The smallest absolute Gasteiger partial charge is 0.420 e. The van der Waals surface area contributed by atoms with E-state index in [4.69, 9.17) is 45.4 Å². The molecule has 32 heteroatoms. The van der Waals surface area contributed by atoms with Gasteiger partial charge in [-0.2, -0.15) is 0 Å². The molecule has 0 unspecified atom stereocenters. The number of nitrogens with one attached hydrogen (secondary N) is 3. The number of carboxylic acids is 1. The van der Waals surface area contributed by atoms with Crippen molar-refractivity contribution in [2.75, 3.05) is 27.5 Å². The standard InChI is InChI=1S/C15H17BrFNO4.C11H10BrNO4.C11H12BrNO2.C10H10BrNO3.C10H12BrNO3.C9H10BrNO3/c1-15(2,3)22-14(20)18-11(8-17)12(21-13(18)19)9-4-6-10(16)7-5-9;1-16-10(14)8-9(17-11(15)13-8)6-2-4-7(12)5-3-6;1-2-9-10(15-11(14)13-9)7-3-5-8(12)6-4-7;11-7-3-1-6(2-4-7)9-8(5-13)12-10(14)15-9;1-15-10(14)8(12)9(13)6-2-4-7(11)5-3-6;10-6-3-1-5(2-4-6)8(12)7(11)9(13)14/h4-7,11-12H,8H2,1-3H3;2-5,8-9H,1H3,(H,13,15);3-6,9-10H,2H2,1H3,(H,13,14);1-4,8-9,13H,5H2,(H,12,14);2-5,8-9,13H,12H2,1H3;1-4,7-8,12H,11H2,(H,13,14)/t11-,12-;8-,9+;9-,10-;8-,9-;8-,9+;7-,8+/m101100/s1. The molecule has 0 saturated carbocycles. The van der Waals surface area contributed by atoms with Gasteiger partial charge in [-0.1, -0.05) is 175 Å². The van der Waals surface area contributed by atoms with E-state index in [1.807, 2.05) is 67.6 Å². The Labute approximate surface area is 613 Å². The average Bonchev–Trinajstić information content (AvgIpc) is 1.64. The summed E-state index contributed by atoms with van der Waals surface area (Å²) in [6.45, 7) is 6.00. The van der Waals surface area contributed by atoms with Crippen LogP contribution >= 0.6 is 95.6 Å². The Morgan fingerprint density at radius 1 is 0.541 bits per heavy atom. The third-order valence-corrected chi connectivity index (χ3v) is 17.4. The van der Waals surface area contributed by atoms with Gasteiger partial charge in [0.05, 0.1) is 32.9 Å². The van der Waals surface area contributed by atoms with Crippen LogP contribution in [0, 0.1) is 0 Å². The van der Waals surface area contributed by atoms with Gasteiger partial charge >= 0.3 is 48.4 Å². The Bertz CT molecular complexity index is 3550. The molecular weight excluding hydrogens is 1680 g/mol. The molecule has 0 aromatic heterocycles. The van der Waals surface area contributed by atoms with Crippen LogP contribution in [0.15, 0.2) is 172 Å². The molecule has 98 heavy (non-hydrogen) atoms. The number of rotatable bonds is 14. The molecule has 0 bridgehead atoms. The number of methoxy groups -OCH3 is 2. The molecule has 5 amide bonds. The van der Waals surface area contributed by atoms with Gasteiger partial charge in [-0.25, -0.2) is 38.1 Å². The molecule has 6 aromatic carbocycles. The summed E-state index contributed by atoms with van der Waals surface area (Å²) in [4.78, 5) is 91.1. The van der Waals surface area contributed by atoms with Crippen molar-refractivity contribution in [3.8, 4) is 0 Å². The van der Waals surface area contributed by atoms with E-state index in [0.29, 0.717) is 21.6 Å². The number of hydrogen-bond donors (Lipinski definition) is 9. The molecule has 0 aliphatic carbocycles. The lowest BCUT2D eigenvalue weighted by Crippen LogP contribution is -2.43. The van der Waals surface area contributed by atoms with Crippen LogP contribution < -0.4 is 27.4 Å². The average molecular weight is 1750 g/mol. The van der Waals surface area contributed by atoms with Gasteiger partial charge in [0.1, 0.15) is 48.7 Å². The van der Waals surface area contributed by atoms with E-state index in [2.05, 4.69) is 121 Å². The largest absolute Gasteiger partial charge is 0.480 e. The van der Waals surface area contributed by atoms with E-state index in [1.54, 1.807) is 106 Å². The fraction of sp³-hybridized carbons (Fsp3) is 0.333. The van der Waals surface area contributed by atoms with Crippen molar-refractivity contribution in [2.45, 2.75) is 113 Å².